The van der Waals surface area contributed by atoms with Crippen LogP contribution in [0.3, 0.4) is 0 Å². The van der Waals surface area contributed by atoms with Gasteiger partial charge in [0.1, 0.15) is 46.0 Å². The molecule has 13 aromatic rings. The molecule has 0 saturated carbocycles. The zero-order chi connectivity index (χ0) is 56.9. The van der Waals surface area contributed by atoms with Gasteiger partial charge in [0.15, 0.2) is 0 Å². The first kappa shape index (κ1) is 48.5. The topological polar surface area (TPSA) is 90.9 Å². The lowest BCUT2D eigenvalue weighted by atomic mass is 9.35. The largest absolute Gasteiger partial charge is 0.458 e. The normalized spacial score (nSPS) is 14.4. The number of aromatic nitrogens is 2. The minimum Gasteiger partial charge on any atom is -0.458 e. The van der Waals surface area contributed by atoms with Gasteiger partial charge in [-0.25, -0.2) is 4.21 Å². The summed E-state index contributed by atoms with van der Waals surface area (Å²) in [7, 11) is -1.48. The van der Waals surface area contributed by atoms with Gasteiger partial charge in [0, 0.05) is 84.5 Å². The van der Waals surface area contributed by atoms with E-state index in [1.54, 1.807) is 24.3 Å². The molecule has 0 aliphatic carbocycles. The Balaban J connectivity index is 0.863. The Kier molecular flexibility index (Phi) is 10.4. The predicted octanol–water partition coefficient (Wildman–Crippen LogP) is 13.4. The number of benzene rings is 11. The van der Waals surface area contributed by atoms with E-state index >= 15 is 0 Å². The van der Waals surface area contributed by atoms with Gasteiger partial charge in [-0.05, 0) is 131 Å². The molecule has 11 aromatic carbocycles. The van der Waals surface area contributed by atoms with E-state index in [-0.39, 0.29) is 13.4 Å². The molecule has 5 aliphatic rings. The van der Waals surface area contributed by atoms with Gasteiger partial charge < -0.3 is 33.0 Å². The summed E-state index contributed by atoms with van der Waals surface area (Å²) in [5.74, 6) is 6.31. The number of nitriles is 1. The molecule has 5 aliphatic heterocycles. The Morgan fingerprint density at radius 1 is 0.453 bits per heavy atom. The van der Waals surface area contributed by atoms with Crippen LogP contribution in [0.4, 0.5) is 11.4 Å². The molecule has 12 heteroatoms. The summed E-state index contributed by atoms with van der Waals surface area (Å²) in [6.45, 7) is 5.56. The van der Waals surface area contributed by atoms with Gasteiger partial charge in [0.05, 0.1) is 61.7 Å². The highest BCUT2D eigenvalue weighted by Crippen LogP contribution is 2.50. The second-order valence-corrected chi connectivity index (χ2v) is 23.8. The number of hydrogen-bond donors (Lipinski definition) is 0. The maximum Gasteiger partial charge on any atom is 0.260 e. The van der Waals surface area contributed by atoms with Crippen LogP contribution in [0.5, 0.6) is 46.0 Å². The standard InChI is InChI=1S/C74H44B2N4O5S/c1-44-70-51-15-2-8-21-57(51)79(47-39-66-73-67(40-47)83-63-25-11-5-18-54(63)75(73)53-17-4-10-24-62(53)82-66)60(70)23-14-38-78(46-30-34-50(35-31-46)86(81)49-32-28-45(43-77)29-33-49)59-36-37-61-72(71(44)59)52-16-3-9-22-58(52)80(61)48-41-68-74-69(42-48)85-65-27-13-7-20-56(65)76(74)55-19-6-12-26-64(55)84-68/h2-37,39-42H,1,38H2/b23-14-. The van der Waals surface area contributed by atoms with Crippen molar-refractivity contribution < 1.29 is 23.2 Å². The van der Waals surface area contributed by atoms with E-state index in [0.29, 0.717) is 21.9 Å². The molecule has 18 rings (SSSR count). The average Bonchev–Trinajstić information content (AvgIpc) is 1.41. The van der Waals surface area contributed by atoms with E-state index in [4.69, 9.17) is 25.5 Å². The van der Waals surface area contributed by atoms with Crippen LogP contribution >= 0.6 is 0 Å². The number of para-hydroxylation sites is 6. The van der Waals surface area contributed by atoms with E-state index in [1.165, 1.54) is 0 Å². The highest BCUT2D eigenvalue weighted by atomic mass is 32.2. The van der Waals surface area contributed by atoms with Crippen LogP contribution in [0.15, 0.2) is 253 Å². The van der Waals surface area contributed by atoms with Gasteiger partial charge in [-0.1, -0.05) is 122 Å². The monoisotopic (exact) mass is 1120 g/mol. The van der Waals surface area contributed by atoms with Crippen LogP contribution in [0.1, 0.15) is 22.4 Å². The molecule has 0 spiro atoms. The van der Waals surface area contributed by atoms with E-state index < -0.39 is 10.8 Å². The van der Waals surface area contributed by atoms with Crippen molar-refractivity contribution >= 4 is 113 Å². The number of rotatable bonds is 5. The predicted molar refractivity (Wildman–Crippen MR) is 346 cm³/mol. The Morgan fingerprint density at radius 3 is 1.43 bits per heavy atom. The van der Waals surface area contributed by atoms with Crippen molar-refractivity contribution in [2.45, 2.75) is 9.79 Å². The SMILES string of the molecule is C=C1c2c(n(-c3cc4c5c(c3)Oc3ccccc3B5c3ccccc3O4)c3ccccc23)/C=C\CN(c2ccc(S(=O)c3ccc(C#N)cc3)cc2)c2ccc3c(c21)c1ccccc1n3-c1cc2c3c(c1)Oc1ccccc1B3c1ccccc1O2. The molecule has 402 valence electrons. The fourth-order valence-electron chi connectivity index (χ4n) is 14.2. The molecule has 0 radical (unpaired) electrons. The fourth-order valence-corrected chi connectivity index (χ4v) is 15.2. The van der Waals surface area contributed by atoms with Crippen LogP contribution < -0.4 is 56.6 Å². The molecule has 0 amide bonds. The first-order valence-corrected chi connectivity index (χ1v) is 29.9. The van der Waals surface area contributed by atoms with E-state index in [0.717, 1.165) is 157 Å². The van der Waals surface area contributed by atoms with Gasteiger partial charge in [-0.3, -0.25) is 0 Å². The molecule has 1 unspecified atom stereocenters. The van der Waals surface area contributed by atoms with Crippen LogP contribution in [0.2, 0.25) is 0 Å². The molecule has 0 N–H and O–H groups in total. The number of ether oxygens (including phenoxy) is 4. The van der Waals surface area contributed by atoms with Gasteiger partial charge in [-0.2, -0.15) is 5.26 Å². The smallest absolute Gasteiger partial charge is 0.260 e. The summed E-state index contributed by atoms with van der Waals surface area (Å²) in [4.78, 5) is 3.61. The van der Waals surface area contributed by atoms with Crippen molar-refractivity contribution in [3.63, 3.8) is 0 Å². The first-order chi connectivity index (χ1) is 42.4. The van der Waals surface area contributed by atoms with Crippen molar-refractivity contribution in [3.8, 4) is 63.4 Å². The Morgan fingerprint density at radius 2 is 0.907 bits per heavy atom. The number of anilines is 2. The minimum atomic E-state index is -1.48. The second kappa shape index (κ2) is 18.5. The Hall–Kier alpha value is -11.0. The lowest BCUT2D eigenvalue weighted by Crippen LogP contribution is -2.57. The van der Waals surface area contributed by atoms with Gasteiger partial charge in [0.25, 0.3) is 13.4 Å². The molecule has 0 fully saturated rings. The Labute approximate surface area is 497 Å². The average molecular weight is 1120 g/mol. The molecule has 1 atom stereocenters. The summed E-state index contributed by atoms with van der Waals surface area (Å²) < 4.78 is 46.4. The molecule has 9 nitrogen and oxygen atoms in total. The zero-order valence-corrected chi connectivity index (χ0v) is 46.7. The fraction of sp³-hybridized carbons (Fsp3) is 0.0135. The first-order valence-electron chi connectivity index (χ1n) is 28.7. The van der Waals surface area contributed by atoms with Crippen molar-refractivity contribution in [3.05, 3.63) is 266 Å². The third-order valence-corrected chi connectivity index (χ3v) is 19.2. The Bertz CT molecular complexity index is 5110. The van der Waals surface area contributed by atoms with Crippen LogP contribution in [-0.2, 0) is 10.8 Å². The summed E-state index contributed by atoms with van der Waals surface area (Å²) in [5.41, 5.74) is 17.3. The summed E-state index contributed by atoms with van der Waals surface area (Å²) >= 11 is 0. The minimum absolute atomic E-state index is 0.0647. The van der Waals surface area contributed by atoms with Crippen LogP contribution in [0, 0.1) is 11.3 Å². The van der Waals surface area contributed by atoms with Crippen LogP contribution in [0.25, 0.3) is 55.7 Å². The quantitative estimate of drug-likeness (QED) is 0.159. The molecular formula is C74H44B2N4O5S. The summed E-state index contributed by atoms with van der Waals surface area (Å²) in [5, 5.41) is 12.6. The highest BCUT2D eigenvalue weighted by molar-refractivity contribution is 7.85. The number of hydrogen-bond acceptors (Lipinski definition) is 7. The van der Waals surface area contributed by atoms with E-state index in [2.05, 4.69) is 202 Å². The lowest BCUT2D eigenvalue weighted by Gasteiger charge is -2.33. The third kappa shape index (κ3) is 7.03. The molecule has 7 heterocycles. The molecule has 2 aromatic heterocycles. The van der Waals surface area contributed by atoms with Crippen molar-refractivity contribution in [2.24, 2.45) is 0 Å². The lowest BCUT2D eigenvalue weighted by molar-refractivity contribution is 0.463. The number of nitrogens with zero attached hydrogens (tertiary/aromatic N) is 4. The van der Waals surface area contributed by atoms with Crippen molar-refractivity contribution in [2.75, 3.05) is 11.4 Å². The highest BCUT2D eigenvalue weighted by Gasteiger charge is 2.43. The third-order valence-electron chi connectivity index (χ3n) is 17.8. The van der Waals surface area contributed by atoms with Crippen LogP contribution in [-0.4, -0.2) is 33.3 Å². The molecule has 86 heavy (non-hydrogen) atoms. The zero-order valence-electron chi connectivity index (χ0n) is 45.9. The van der Waals surface area contributed by atoms with Crippen molar-refractivity contribution in [1.29, 1.82) is 5.26 Å². The van der Waals surface area contributed by atoms with Crippen molar-refractivity contribution in [1.82, 2.24) is 9.13 Å². The number of fused-ring (bicyclic) bond motifs is 16. The maximum absolute atomic E-state index is 14.1. The summed E-state index contributed by atoms with van der Waals surface area (Å²) in [6, 6.07) is 80.7. The molecule has 0 saturated heterocycles. The van der Waals surface area contributed by atoms with Gasteiger partial charge in [-0.15, -0.1) is 0 Å². The maximum atomic E-state index is 14.1. The van der Waals surface area contributed by atoms with Gasteiger partial charge in [0.2, 0.25) is 0 Å². The molecular weight excluding hydrogens is 1080 g/mol. The second-order valence-electron chi connectivity index (χ2n) is 22.3. The molecule has 0 bridgehead atoms. The van der Waals surface area contributed by atoms with Gasteiger partial charge >= 0.3 is 0 Å². The van der Waals surface area contributed by atoms with E-state index in [9.17, 15) is 9.47 Å². The summed E-state index contributed by atoms with van der Waals surface area (Å²) in [6.07, 6.45) is 4.46. The van der Waals surface area contributed by atoms with E-state index in [1.807, 2.05) is 36.4 Å².